The third kappa shape index (κ3) is 5.47. The van der Waals surface area contributed by atoms with Crippen LogP contribution in [0, 0.1) is 5.82 Å². The van der Waals surface area contributed by atoms with Crippen molar-refractivity contribution < 1.29 is 9.18 Å². The minimum absolute atomic E-state index is 0.0314. The first-order valence-corrected chi connectivity index (χ1v) is 6.33. The van der Waals surface area contributed by atoms with Crippen molar-refractivity contribution in [2.75, 3.05) is 0 Å². The molecule has 0 aliphatic rings. The largest absolute Gasteiger partial charge is 0.352 e. The molecule has 3 N–H and O–H groups in total. The van der Waals surface area contributed by atoms with Crippen molar-refractivity contribution in [3.8, 4) is 0 Å². The summed E-state index contributed by atoms with van der Waals surface area (Å²) in [5.74, 6) is -0.486. The van der Waals surface area contributed by atoms with Gasteiger partial charge in [0.2, 0.25) is 5.91 Å². The molecular weight excluding hydrogens is 255 g/mol. The van der Waals surface area contributed by atoms with Crippen LogP contribution in [0.25, 0.3) is 0 Å². The molecular formula is C13H18ClFN2O. The van der Waals surface area contributed by atoms with E-state index < -0.39 is 5.82 Å². The molecule has 3 nitrogen and oxygen atoms in total. The minimum atomic E-state index is -0.455. The van der Waals surface area contributed by atoms with Gasteiger partial charge in [0.15, 0.2) is 0 Å². The van der Waals surface area contributed by atoms with E-state index in [4.69, 9.17) is 17.3 Å². The summed E-state index contributed by atoms with van der Waals surface area (Å²) in [6.45, 7) is 2.27. The lowest BCUT2D eigenvalue weighted by Crippen LogP contribution is -2.23. The first kappa shape index (κ1) is 14.9. The summed E-state index contributed by atoms with van der Waals surface area (Å²) in [7, 11) is 0. The van der Waals surface area contributed by atoms with Gasteiger partial charge in [-0.15, -0.1) is 0 Å². The van der Waals surface area contributed by atoms with E-state index in [1.807, 2.05) is 6.92 Å². The van der Waals surface area contributed by atoms with Gasteiger partial charge in [0.25, 0.3) is 0 Å². The van der Waals surface area contributed by atoms with Crippen LogP contribution in [0.2, 0.25) is 5.02 Å². The van der Waals surface area contributed by atoms with Crippen molar-refractivity contribution in [3.05, 3.63) is 34.6 Å². The molecule has 1 amide bonds. The molecule has 0 aliphatic carbocycles. The maximum atomic E-state index is 12.9. The van der Waals surface area contributed by atoms with Crippen molar-refractivity contribution in [3.63, 3.8) is 0 Å². The van der Waals surface area contributed by atoms with Crippen LogP contribution in [-0.2, 0) is 11.3 Å². The molecule has 1 aromatic carbocycles. The fraction of sp³-hybridized carbons (Fsp3) is 0.462. The zero-order valence-electron chi connectivity index (χ0n) is 10.4. The molecule has 1 aromatic rings. The van der Waals surface area contributed by atoms with Gasteiger partial charge in [0.05, 0.1) is 5.02 Å². The van der Waals surface area contributed by atoms with Gasteiger partial charge >= 0.3 is 0 Å². The van der Waals surface area contributed by atoms with E-state index in [0.717, 1.165) is 18.4 Å². The zero-order chi connectivity index (χ0) is 13.5. The van der Waals surface area contributed by atoms with Crippen molar-refractivity contribution in [2.24, 2.45) is 5.73 Å². The Morgan fingerprint density at radius 3 is 2.89 bits per heavy atom. The molecule has 1 rings (SSSR count). The average Bonchev–Trinajstić information content (AvgIpc) is 2.30. The Morgan fingerprint density at radius 1 is 1.56 bits per heavy atom. The SMILES string of the molecule is CC(N)CCCC(=O)NCc1ccc(F)c(Cl)c1. The normalized spacial score (nSPS) is 12.2. The molecule has 0 saturated heterocycles. The van der Waals surface area contributed by atoms with E-state index >= 15 is 0 Å². The van der Waals surface area contributed by atoms with Gasteiger partial charge in [-0.05, 0) is 37.5 Å². The van der Waals surface area contributed by atoms with Crippen LogP contribution in [0.15, 0.2) is 18.2 Å². The number of carbonyl (C=O) groups excluding carboxylic acids is 1. The Morgan fingerprint density at radius 2 is 2.28 bits per heavy atom. The molecule has 1 unspecified atom stereocenters. The maximum absolute atomic E-state index is 12.9. The van der Waals surface area contributed by atoms with Crippen LogP contribution in [0.1, 0.15) is 31.7 Å². The third-order valence-corrected chi connectivity index (χ3v) is 2.83. The molecule has 5 heteroatoms. The minimum Gasteiger partial charge on any atom is -0.352 e. The molecule has 0 spiro atoms. The topological polar surface area (TPSA) is 55.1 Å². The Labute approximate surface area is 112 Å². The van der Waals surface area contributed by atoms with Gasteiger partial charge < -0.3 is 11.1 Å². The summed E-state index contributed by atoms with van der Waals surface area (Å²) in [6.07, 6.45) is 2.06. The number of nitrogens with two attached hydrogens (primary N) is 1. The monoisotopic (exact) mass is 272 g/mol. The molecule has 1 atom stereocenters. The quantitative estimate of drug-likeness (QED) is 0.836. The van der Waals surface area contributed by atoms with E-state index in [1.165, 1.54) is 12.1 Å². The lowest BCUT2D eigenvalue weighted by molar-refractivity contribution is -0.121. The molecule has 0 bridgehead atoms. The predicted molar refractivity (Wildman–Crippen MR) is 70.8 cm³/mol. The van der Waals surface area contributed by atoms with Gasteiger partial charge in [-0.25, -0.2) is 4.39 Å². The van der Waals surface area contributed by atoms with E-state index in [0.29, 0.717) is 13.0 Å². The number of rotatable bonds is 6. The Hall–Kier alpha value is -1.13. The summed E-state index contributed by atoms with van der Waals surface area (Å²) in [6, 6.07) is 4.52. The number of halogens is 2. The fourth-order valence-corrected chi connectivity index (χ4v) is 1.73. The number of carbonyl (C=O) groups is 1. The molecule has 100 valence electrons. The van der Waals surface area contributed by atoms with Crippen LogP contribution in [0.3, 0.4) is 0 Å². The van der Waals surface area contributed by atoms with Gasteiger partial charge in [-0.2, -0.15) is 0 Å². The van der Waals surface area contributed by atoms with E-state index in [2.05, 4.69) is 5.32 Å². The molecule has 0 saturated carbocycles. The van der Waals surface area contributed by atoms with Crippen LogP contribution in [0.5, 0.6) is 0 Å². The second kappa shape index (κ2) is 7.34. The van der Waals surface area contributed by atoms with Crippen LogP contribution in [-0.4, -0.2) is 11.9 Å². The highest BCUT2D eigenvalue weighted by Gasteiger charge is 2.04. The van der Waals surface area contributed by atoms with Gasteiger partial charge in [-0.3, -0.25) is 4.79 Å². The highest BCUT2D eigenvalue weighted by molar-refractivity contribution is 6.30. The number of nitrogens with one attached hydrogen (secondary N) is 1. The number of hydrogen-bond acceptors (Lipinski definition) is 2. The van der Waals surface area contributed by atoms with E-state index in [1.54, 1.807) is 6.07 Å². The molecule has 0 heterocycles. The molecule has 0 fully saturated rings. The first-order valence-electron chi connectivity index (χ1n) is 5.95. The zero-order valence-corrected chi connectivity index (χ0v) is 11.1. The standard InChI is InChI=1S/C13H18ClFN2O/c1-9(16)3-2-4-13(18)17-8-10-5-6-12(15)11(14)7-10/h5-7,9H,2-4,8,16H2,1H3,(H,17,18). The summed E-state index contributed by atoms with van der Waals surface area (Å²) in [5.41, 5.74) is 6.37. The number of hydrogen-bond donors (Lipinski definition) is 2. The predicted octanol–water partition coefficient (Wildman–Crippen LogP) is 2.61. The summed E-state index contributed by atoms with van der Waals surface area (Å²) >= 11 is 5.65. The van der Waals surface area contributed by atoms with Crippen molar-refractivity contribution >= 4 is 17.5 Å². The molecule has 0 aromatic heterocycles. The maximum Gasteiger partial charge on any atom is 0.220 e. The van der Waals surface area contributed by atoms with Gasteiger partial charge in [0, 0.05) is 19.0 Å². The molecule has 18 heavy (non-hydrogen) atoms. The summed E-state index contributed by atoms with van der Waals surface area (Å²) < 4.78 is 12.9. The second-order valence-electron chi connectivity index (χ2n) is 4.39. The molecule has 0 radical (unpaired) electrons. The van der Waals surface area contributed by atoms with Crippen LogP contribution in [0.4, 0.5) is 4.39 Å². The average molecular weight is 273 g/mol. The van der Waals surface area contributed by atoms with Gasteiger partial charge in [-0.1, -0.05) is 17.7 Å². The number of amides is 1. The summed E-state index contributed by atoms with van der Waals surface area (Å²) in [4.78, 5) is 11.5. The van der Waals surface area contributed by atoms with Gasteiger partial charge in [0.1, 0.15) is 5.82 Å². The first-order chi connectivity index (χ1) is 8.49. The lowest BCUT2D eigenvalue weighted by atomic mass is 10.1. The van der Waals surface area contributed by atoms with E-state index in [9.17, 15) is 9.18 Å². The van der Waals surface area contributed by atoms with Crippen molar-refractivity contribution in [1.82, 2.24) is 5.32 Å². The lowest BCUT2D eigenvalue weighted by Gasteiger charge is -2.07. The summed E-state index contributed by atoms with van der Waals surface area (Å²) in [5, 5.41) is 2.83. The highest BCUT2D eigenvalue weighted by atomic mass is 35.5. The van der Waals surface area contributed by atoms with Crippen LogP contribution >= 0.6 is 11.6 Å². The fourth-order valence-electron chi connectivity index (χ4n) is 1.52. The second-order valence-corrected chi connectivity index (χ2v) is 4.80. The Balaban J connectivity index is 2.31. The van der Waals surface area contributed by atoms with Crippen LogP contribution < -0.4 is 11.1 Å². The molecule has 0 aliphatic heterocycles. The third-order valence-electron chi connectivity index (χ3n) is 2.54. The Kier molecular flexibility index (Phi) is 6.09. The highest BCUT2D eigenvalue weighted by Crippen LogP contribution is 2.15. The smallest absolute Gasteiger partial charge is 0.220 e. The van der Waals surface area contributed by atoms with E-state index in [-0.39, 0.29) is 17.0 Å². The number of benzene rings is 1. The van der Waals surface area contributed by atoms with Crippen molar-refractivity contribution in [1.29, 1.82) is 0 Å². The Bertz CT molecular complexity index is 410. The van der Waals surface area contributed by atoms with Crippen molar-refractivity contribution in [2.45, 2.75) is 38.8 Å².